The Kier molecular flexibility index (Phi) is 5.19. The van der Waals surface area contributed by atoms with Crippen LogP contribution in [0.4, 0.5) is 5.69 Å². The number of carbonyl (C=O) groups excluding carboxylic acids is 1. The molecule has 0 heterocycles. The van der Waals surface area contributed by atoms with Gasteiger partial charge in [0.05, 0.1) is 19.9 Å². The van der Waals surface area contributed by atoms with E-state index < -0.39 is 0 Å². The van der Waals surface area contributed by atoms with E-state index in [0.717, 1.165) is 5.56 Å². The van der Waals surface area contributed by atoms with Crippen LogP contribution in [0.3, 0.4) is 0 Å². The molecular weight excluding hydrogens is 294 g/mol. The molecule has 0 atom stereocenters. The van der Waals surface area contributed by atoms with Gasteiger partial charge in [0.15, 0.2) is 11.5 Å². The number of benzene rings is 2. The van der Waals surface area contributed by atoms with Crippen molar-refractivity contribution in [1.29, 1.82) is 0 Å². The second-order valence-electron chi connectivity index (χ2n) is 4.83. The summed E-state index contributed by atoms with van der Waals surface area (Å²) in [7, 11) is 3.06. The molecule has 0 unspecified atom stereocenters. The molecule has 0 aliphatic rings. The summed E-state index contributed by atoms with van der Waals surface area (Å²) in [5.74, 6) is 0.714. The maximum Gasteiger partial charge on any atom is 0.271 e. The highest BCUT2D eigenvalue weighted by Crippen LogP contribution is 2.27. The maximum absolute atomic E-state index is 12.2. The number of anilines is 1. The number of rotatable bonds is 5. The lowest BCUT2D eigenvalue weighted by Crippen LogP contribution is -2.19. The Hall–Kier alpha value is -3.02. The summed E-state index contributed by atoms with van der Waals surface area (Å²) in [5.41, 5.74) is 10.8. The first-order valence-electron chi connectivity index (χ1n) is 6.97. The SMILES string of the molecule is COc1ccc(C(=O)N/N=C(/C)c2ccc(N)cc2)cc1OC. The number of nitrogens with one attached hydrogen (secondary N) is 1. The lowest BCUT2D eigenvalue weighted by molar-refractivity contribution is 0.0954. The average Bonchev–Trinajstić information content (AvgIpc) is 2.59. The van der Waals surface area contributed by atoms with E-state index in [1.165, 1.54) is 14.2 Å². The normalized spacial score (nSPS) is 11.0. The standard InChI is InChI=1S/C17H19N3O3/c1-11(12-4-7-14(18)8-5-12)19-20-17(21)13-6-9-15(22-2)16(10-13)23-3/h4-10H,18H2,1-3H3,(H,20,21)/b19-11-. The molecule has 120 valence electrons. The van der Waals surface area contributed by atoms with Crippen molar-refractivity contribution in [2.75, 3.05) is 20.0 Å². The molecular formula is C17H19N3O3. The van der Waals surface area contributed by atoms with Gasteiger partial charge in [-0.3, -0.25) is 4.79 Å². The fraction of sp³-hybridized carbons (Fsp3) is 0.176. The van der Waals surface area contributed by atoms with Crippen molar-refractivity contribution >= 4 is 17.3 Å². The summed E-state index contributed by atoms with van der Waals surface area (Å²) >= 11 is 0. The number of hydrogen-bond donors (Lipinski definition) is 2. The molecule has 3 N–H and O–H groups in total. The van der Waals surface area contributed by atoms with E-state index in [-0.39, 0.29) is 5.91 Å². The van der Waals surface area contributed by atoms with Gasteiger partial charge < -0.3 is 15.2 Å². The Bertz CT molecular complexity index is 724. The highest BCUT2D eigenvalue weighted by atomic mass is 16.5. The molecule has 0 radical (unpaired) electrons. The molecule has 6 heteroatoms. The second-order valence-corrected chi connectivity index (χ2v) is 4.83. The predicted octanol–water partition coefficient (Wildman–Crippen LogP) is 2.44. The minimum atomic E-state index is -0.333. The van der Waals surface area contributed by atoms with Gasteiger partial charge in [-0.1, -0.05) is 12.1 Å². The van der Waals surface area contributed by atoms with Crippen molar-refractivity contribution in [3.8, 4) is 11.5 Å². The summed E-state index contributed by atoms with van der Waals surface area (Å²) in [6.45, 7) is 1.81. The van der Waals surface area contributed by atoms with Gasteiger partial charge >= 0.3 is 0 Å². The van der Waals surface area contributed by atoms with Crippen molar-refractivity contribution in [2.45, 2.75) is 6.92 Å². The van der Waals surface area contributed by atoms with Crippen molar-refractivity contribution in [1.82, 2.24) is 5.43 Å². The number of carbonyl (C=O) groups is 1. The van der Waals surface area contributed by atoms with Gasteiger partial charge in [0.25, 0.3) is 5.91 Å². The zero-order chi connectivity index (χ0) is 16.8. The summed E-state index contributed by atoms with van der Waals surface area (Å²) in [6.07, 6.45) is 0. The zero-order valence-corrected chi connectivity index (χ0v) is 13.3. The van der Waals surface area contributed by atoms with Crippen LogP contribution < -0.4 is 20.6 Å². The van der Waals surface area contributed by atoms with Crippen LogP contribution in [0.1, 0.15) is 22.8 Å². The van der Waals surface area contributed by atoms with E-state index in [4.69, 9.17) is 15.2 Å². The predicted molar refractivity (Wildman–Crippen MR) is 90.1 cm³/mol. The van der Waals surface area contributed by atoms with Gasteiger partial charge in [-0.05, 0) is 42.8 Å². The lowest BCUT2D eigenvalue weighted by atomic mass is 10.1. The van der Waals surface area contributed by atoms with Crippen molar-refractivity contribution < 1.29 is 14.3 Å². The van der Waals surface area contributed by atoms with Crippen LogP contribution in [0.2, 0.25) is 0 Å². The van der Waals surface area contributed by atoms with Gasteiger partial charge in [-0.25, -0.2) is 5.43 Å². The first kappa shape index (κ1) is 16.4. The Morgan fingerprint density at radius 2 is 1.61 bits per heavy atom. The Morgan fingerprint density at radius 3 is 2.22 bits per heavy atom. The van der Waals surface area contributed by atoms with Gasteiger partial charge in [0, 0.05) is 11.3 Å². The van der Waals surface area contributed by atoms with Gasteiger partial charge in [-0.15, -0.1) is 0 Å². The lowest BCUT2D eigenvalue weighted by Gasteiger charge is -2.09. The highest BCUT2D eigenvalue weighted by Gasteiger charge is 2.10. The summed E-state index contributed by atoms with van der Waals surface area (Å²) in [6, 6.07) is 12.2. The van der Waals surface area contributed by atoms with Crippen LogP contribution in [0, 0.1) is 0 Å². The molecule has 0 aliphatic carbocycles. The first-order valence-corrected chi connectivity index (χ1v) is 6.97. The van der Waals surface area contributed by atoms with E-state index in [1.807, 2.05) is 12.1 Å². The van der Waals surface area contributed by atoms with E-state index >= 15 is 0 Å². The monoisotopic (exact) mass is 313 g/mol. The van der Waals surface area contributed by atoms with Crippen molar-refractivity contribution in [3.63, 3.8) is 0 Å². The Morgan fingerprint density at radius 1 is 1.00 bits per heavy atom. The number of nitrogen functional groups attached to an aromatic ring is 1. The summed E-state index contributed by atoms with van der Waals surface area (Å²) < 4.78 is 10.3. The molecule has 0 spiro atoms. The number of hydrogen-bond acceptors (Lipinski definition) is 5. The smallest absolute Gasteiger partial charge is 0.271 e. The van der Waals surface area contributed by atoms with E-state index in [2.05, 4.69) is 10.5 Å². The molecule has 2 aromatic rings. The third-order valence-electron chi connectivity index (χ3n) is 3.30. The van der Waals surface area contributed by atoms with Crippen LogP contribution in [-0.2, 0) is 0 Å². The van der Waals surface area contributed by atoms with Crippen LogP contribution in [0.25, 0.3) is 0 Å². The number of nitrogens with zero attached hydrogens (tertiary/aromatic N) is 1. The molecule has 2 aromatic carbocycles. The molecule has 6 nitrogen and oxygen atoms in total. The quantitative estimate of drug-likeness (QED) is 0.504. The van der Waals surface area contributed by atoms with Crippen LogP contribution in [-0.4, -0.2) is 25.8 Å². The van der Waals surface area contributed by atoms with Crippen LogP contribution >= 0.6 is 0 Å². The second kappa shape index (κ2) is 7.31. The van der Waals surface area contributed by atoms with E-state index in [9.17, 15) is 4.79 Å². The number of ether oxygens (including phenoxy) is 2. The Balaban J connectivity index is 2.12. The molecule has 0 saturated carbocycles. The van der Waals surface area contributed by atoms with E-state index in [1.54, 1.807) is 37.3 Å². The fourth-order valence-corrected chi connectivity index (χ4v) is 1.97. The molecule has 0 aromatic heterocycles. The topological polar surface area (TPSA) is 85.9 Å². The first-order chi connectivity index (χ1) is 11.0. The van der Waals surface area contributed by atoms with Gasteiger partial charge in [0.1, 0.15) is 0 Å². The Labute approximate surface area is 134 Å². The minimum absolute atomic E-state index is 0.333. The highest BCUT2D eigenvalue weighted by molar-refractivity contribution is 6.01. The average molecular weight is 313 g/mol. The van der Waals surface area contributed by atoms with Crippen molar-refractivity contribution in [2.24, 2.45) is 5.10 Å². The van der Waals surface area contributed by atoms with Crippen LogP contribution in [0.5, 0.6) is 11.5 Å². The molecule has 0 aliphatic heterocycles. The number of amides is 1. The molecule has 0 fully saturated rings. The largest absolute Gasteiger partial charge is 0.493 e. The molecule has 0 bridgehead atoms. The third kappa shape index (κ3) is 4.00. The number of hydrazone groups is 1. The molecule has 0 saturated heterocycles. The van der Waals surface area contributed by atoms with Gasteiger partial charge in [0.2, 0.25) is 0 Å². The van der Waals surface area contributed by atoms with Crippen LogP contribution in [0.15, 0.2) is 47.6 Å². The zero-order valence-electron chi connectivity index (χ0n) is 13.3. The van der Waals surface area contributed by atoms with E-state index in [0.29, 0.717) is 28.5 Å². The minimum Gasteiger partial charge on any atom is -0.493 e. The summed E-state index contributed by atoms with van der Waals surface area (Å²) in [5, 5.41) is 4.10. The molecule has 2 rings (SSSR count). The maximum atomic E-state index is 12.2. The number of methoxy groups -OCH3 is 2. The number of nitrogens with two attached hydrogens (primary N) is 1. The third-order valence-corrected chi connectivity index (χ3v) is 3.30. The molecule has 23 heavy (non-hydrogen) atoms. The fourth-order valence-electron chi connectivity index (χ4n) is 1.97. The van der Waals surface area contributed by atoms with Gasteiger partial charge in [-0.2, -0.15) is 5.10 Å². The summed E-state index contributed by atoms with van der Waals surface area (Å²) in [4.78, 5) is 12.2. The van der Waals surface area contributed by atoms with Crippen molar-refractivity contribution in [3.05, 3.63) is 53.6 Å². The molecule has 1 amide bonds.